The van der Waals surface area contributed by atoms with E-state index in [1.54, 1.807) is 7.05 Å². The Bertz CT molecular complexity index is 175. The molecular weight excluding hydrogens is 140 g/mol. The van der Waals surface area contributed by atoms with E-state index in [4.69, 9.17) is 5.73 Å². The predicted octanol–water partition coefficient (Wildman–Crippen LogP) is 0.128. The van der Waals surface area contributed by atoms with Crippen LogP contribution in [0, 0.1) is 6.92 Å². The number of nitrogens with two attached hydrogens (primary N) is 1. The summed E-state index contributed by atoms with van der Waals surface area (Å²) in [6, 6.07) is 0. The molecule has 1 aromatic heterocycles. The van der Waals surface area contributed by atoms with Crippen molar-refractivity contribution >= 4 is 18.2 Å². The summed E-state index contributed by atoms with van der Waals surface area (Å²) in [6.07, 6.45) is 0. The molecule has 0 amide bonds. The normalized spacial score (nSPS) is 8.67. The summed E-state index contributed by atoms with van der Waals surface area (Å²) < 4.78 is 0. The molecule has 1 aromatic rings. The summed E-state index contributed by atoms with van der Waals surface area (Å²) in [7, 11) is 1.74. The lowest BCUT2D eigenvalue weighted by atomic mass is 10.5. The maximum absolute atomic E-state index is 5.35. The molecule has 52 valence electrons. The zero-order chi connectivity index (χ0) is 6.15. The molecule has 0 aromatic carbocycles. The van der Waals surface area contributed by atoms with Gasteiger partial charge in [0.25, 0.3) is 0 Å². The minimum Gasteiger partial charge on any atom is -0.381 e. The average Bonchev–Trinajstić information content (AvgIpc) is 1.85. The Balaban J connectivity index is 0.000000640. The van der Waals surface area contributed by atoms with Crippen LogP contribution in [0.25, 0.3) is 0 Å². The molecular formula is C4H9ClN4. The van der Waals surface area contributed by atoms with E-state index in [0.29, 0.717) is 5.82 Å². The molecule has 0 radical (unpaired) electrons. The smallest absolute Gasteiger partial charge is 0.168 e. The second-order valence-corrected chi connectivity index (χ2v) is 1.66. The molecule has 1 heterocycles. The van der Waals surface area contributed by atoms with Gasteiger partial charge in [-0.3, -0.25) is 0 Å². The second kappa shape index (κ2) is 2.68. The first kappa shape index (κ1) is 8.23. The van der Waals surface area contributed by atoms with E-state index in [2.05, 4.69) is 10.2 Å². The molecule has 0 aliphatic heterocycles. The van der Waals surface area contributed by atoms with E-state index in [1.807, 2.05) is 6.92 Å². The Kier molecular flexibility index (Phi) is 2.45. The quantitative estimate of drug-likeness (QED) is 0.569. The topological polar surface area (TPSA) is 56.7 Å². The Labute approximate surface area is 59.4 Å². The van der Waals surface area contributed by atoms with E-state index >= 15 is 0 Å². The van der Waals surface area contributed by atoms with Crippen molar-refractivity contribution in [2.75, 3.05) is 5.73 Å². The average molecular weight is 149 g/mol. The molecule has 4 nitrogen and oxygen atoms in total. The van der Waals surface area contributed by atoms with Gasteiger partial charge in [-0.25, -0.2) is 0 Å². The standard InChI is InChI=1S/C4H8N4.ClH/c1-3-4(5)7-8(2)6-3;/h1-2H3,(H2,5,7);1H. The molecule has 9 heavy (non-hydrogen) atoms. The van der Waals surface area contributed by atoms with Crippen LogP contribution in [0.15, 0.2) is 0 Å². The summed E-state index contributed by atoms with van der Waals surface area (Å²) in [6.45, 7) is 1.82. The van der Waals surface area contributed by atoms with E-state index < -0.39 is 0 Å². The predicted molar refractivity (Wildman–Crippen MR) is 37.4 cm³/mol. The molecule has 5 heteroatoms. The van der Waals surface area contributed by atoms with Crippen molar-refractivity contribution in [2.24, 2.45) is 7.05 Å². The zero-order valence-corrected chi connectivity index (χ0v) is 6.14. The van der Waals surface area contributed by atoms with Crippen molar-refractivity contribution in [3.63, 3.8) is 0 Å². The van der Waals surface area contributed by atoms with Crippen LogP contribution in [0.1, 0.15) is 5.69 Å². The third kappa shape index (κ3) is 1.57. The first-order chi connectivity index (χ1) is 3.70. The summed E-state index contributed by atoms with van der Waals surface area (Å²) in [5, 5.41) is 7.69. The summed E-state index contributed by atoms with van der Waals surface area (Å²) >= 11 is 0. The minimum atomic E-state index is 0. The molecule has 0 bridgehead atoms. The number of aromatic nitrogens is 3. The van der Waals surface area contributed by atoms with E-state index in [1.165, 1.54) is 4.80 Å². The van der Waals surface area contributed by atoms with Crippen molar-refractivity contribution in [3.8, 4) is 0 Å². The van der Waals surface area contributed by atoms with E-state index in [-0.39, 0.29) is 12.4 Å². The number of nitrogens with zero attached hydrogens (tertiary/aromatic N) is 3. The highest BCUT2D eigenvalue weighted by atomic mass is 35.5. The maximum Gasteiger partial charge on any atom is 0.168 e. The Morgan fingerprint density at radius 2 is 2.00 bits per heavy atom. The molecule has 0 saturated heterocycles. The number of aryl methyl sites for hydroxylation is 2. The maximum atomic E-state index is 5.35. The summed E-state index contributed by atoms with van der Waals surface area (Å²) in [5.41, 5.74) is 6.13. The fraction of sp³-hybridized carbons (Fsp3) is 0.500. The van der Waals surface area contributed by atoms with Crippen LogP contribution in [0.4, 0.5) is 5.82 Å². The number of nitrogen functional groups attached to an aromatic ring is 1. The SMILES string of the molecule is Cc1nn(C)nc1N.Cl. The molecule has 0 spiro atoms. The third-order valence-electron chi connectivity index (χ3n) is 0.918. The minimum absolute atomic E-state index is 0. The number of halogens is 1. The number of rotatable bonds is 0. The summed E-state index contributed by atoms with van der Waals surface area (Å²) in [5.74, 6) is 0.507. The molecule has 0 unspecified atom stereocenters. The molecule has 1 rings (SSSR count). The van der Waals surface area contributed by atoms with Gasteiger partial charge in [0.05, 0.1) is 0 Å². The van der Waals surface area contributed by atoms with Crippen LogP contribution in [0.3, 0.4) is 0 Å². The van der Waals surface area contributed by atoms with Crippen molar-refractivity contribution < 1.29 is 0 Å². The van der Waals surface area contributed by atoms with Crippen LogP contribution in [0.5, 0.6) is 0 Å². The van der Waals surface area contributed by atoms with Gasteiger partial charge in [-0.05, 0) is 6.92 Å². The number of hydrogen-bond donors (Lipinski definition) is 1. The second-order valence-electron chi connectivity index (χ2n) is 1.66. The van der Waals surface area contributed by atoms with Crippen LogP contribution in [-0.4, -0.2) is 15.0 Å². The van der Waals surface area contributed by atoms with Gasteiger partial charge < -0.3 is 5.73 Å². The Morgan fingerprint density at radius 1 is 1.44 bits per heavy atom. The van der Waals surface area contributed by atoms with E-state index in [0.717, 1.165) is 5.69 Å². The molecule has 0 atom stereocenters. The van der Waals surface area contributed by atoms with Crippen LogP contribution in [-0.2, 0) is 7.05 Å². The molecule has 0 fully saturated rings. The van der Waals surface area contributed by atoms with Gasteiger partial charge in [0.1, 0.15) is 5.69 Å². The van der Waals surface area contributed by atoms with Crippen LogP contribution < -0.4 is 5.73 Å². The monoisotopic (exact) mass is 148 g/mol. The van der Waals surface area contributed by atoms with Crippen molar-refractivity contribution in [1.82, 2.24) is 15.0 Å². The Hall–Kier alpha value is -0.770. The first-order valence-electron chi connectivity index (χ1n) is 2.33. The summed E-state index contributed by atoms with van der Waals surface area (Å²) in [4.78, 5) is 1.45. The fourth-order valence-corrected chi connectivity index (χ4v) is 0.519. The molecule has 0 saturated carbocycles. The van der Waals surface area contributed by atoms with Gasteiger partial charge in [-0.2, -0.15) is 9.90 Å². The molecule has 2 N–H and O–H groups in total. The lowest BCUT2D eigenvalue weighted by Gasteiger charge is -1.77. The molecule has 0 aliphatic rings. The van der Waals surface area contributed by atoms with Gasteiger partial charge in [0, 0.05) is 7.05 Å². The number of anilines is 1. The van der Waals surface area contributed by atoms with Gasteiger partial charge >= 0.3 is 0 Å². The van der Waals surface area contributed by atoms with Gasteiger partial charge in [-0.1, -0.05) is 0 Å². The molecule has 0 aliphatic carbocycles. The first-order valence-corrected chi connectivity index (χ1v) is 2.33. The van der Waals surface area contributed by atoms with Gasteiger partial charge in [0.15, 0.2) is 5.82 Å². The van der Waals surface area contributed by atoms with Crippen molar-refractivity contribution in [1.29, 1.82) is 0 Å². The van der Waals surface area contributed by atoms with E-state index in [9.17, 15) is 0 Å². The van der Waals surface area contributed by atoms with Crippen LogP contribution >= 0.6 is 12.4 Å². The largest absolute Gasteiger partial charge is 0.381 e. The zero-order valence-electron chi connectivity index (χ0n) is 5.33. The van der Waals surface area contributed by atoms with Gasteiger partial charge in [-0.15, -0.1) is 17.5 Å². The fourth-order valence-electron chi connectivity index (χ4n) is 0.519. The van der Waals surface area contributed by atoms with Crippen LogP contribution in [0.2, 0.25) is 0 Å². The highest BCUT2D eigenvalue weighted by Crippen LogP contribution is 1.98. The van der Waals surface area contributed by atoms with Crippen molar-refractivity contribution in [2.45, 2.75) is 6.92 Å². The highest BCUT2D eigenvalue weighted by Gasteiger charge is 1.95. The number of hydrogen-bond acceptors (Lipinski definition) is 3. The lowest BCUT2D eigenvalue weighted by molar-refractivity contribution is 0.651. The highest BCUT2D eigenvalue weighted by molar-refractivity contribution is 5.85. The van der Waals surface area contributed by atoms with Gasteiger partial charge in [0.2, 0.25) is 0 Å². The Morgan fingerprint density at radius 3 is 2.11 bits per heavy atom. The van der Waals surface area contributed by atoms with Crippen molar-refractivity contribution in [3.05, 3.63) is 5.69 Å². The third-order valence-corrected chi connectivity index (χ3v) is 0.918. The lowest BCUT2D eigenvalue weighted by Crippen LogP contribution is -1.92.